The van der Waals surface area contributed by atoms with E-state index in [-0.39, 0.29) is 11.9 Å². The number of hydrogen-bond donors (Lipinski definition) is 0. The van der Waals surface area contributed by atoms with E-state index in [4.69, 9.17) is 4.42 Å². The molecule has 1 amide bonds. The molecule has 3 aromatic rings. The summed E-state index contributed by atoms with van der Waals surface area (Å²) in [7, 11) is 1.80. The summed E-state index contributed by atoms with van der Waals surface area (Å²) in [6, 6.07) is 9.64. The number of hydrogen-bond acceptors (Lipinski definition) is 4. The molecule has 0 spiro atoms. The van der Waals surface area contributed by atoms with Gasteiger partial charge in [0, 0.05) is 7.05 Å². The number of amides is 1. The molecule has 0 aliphatic heterocycles. The Hall–Kier alpha value is -2.14. The normalized spacial score (nSPS) is 12.5. The van der Waals surface area contributed by atoms with Gasteiger partial charge >= 0.3 is 0 Å². The average molecular weight is 300 g/mol. The molecule has 108 valence electrons. The Balaban J connectivity index is 1.88. The van der Waals surface area contributed by atoms with Crippen molar-refractivity contribution < 1.29 is 9.21 Å². The molecule has 0 bridgehead atoms. The first-order chi connectivity index (χ1) is 10.1. The Morgan fingerprint density at radius 2 is 2.10 bits per heavy atom. The van der Waals surface area contributed by atoms with Crippen LogP contribution in [0.3, 0.4) is 0 Å². The van der Waals surface area contributed by atoms with Crippen molar-refractivity contribution in [2.75, 3.05) is 7.05 Å². The van der Waals surface area contributed by atoms with Crippen LogP contribution in [0.15, 0.2) is 41.0 Å². The number of carbonyl (C=O) groups is 1. The van der Waals surface area contributed by atoms with Gasteiger partial charge in [0.05, 0.1) is 28.1 Å². The molecule has 0 unspecified atom stereocenters. The molecule has 2 heterocycles. The number of rotatable bonds is 3. The number of aromatic nitrogens is 1. The first-order valence-corrected chi connectivity index (χ1v) is 7.56. The highest BCUT2D eigenvalue weighted by Crippen LogP contribution is 2.29. The summed E-state index contributed by atoms with van der Waals surface area (Å²) in [6.07, 6.45) is 1.54. The molecule has 0 N–H and O–H groups in total. The Kier molecular flexibility index (Phi) is 3.51. The monoisotopic (exact) mass is 300 g/mol. The molecule has 1 aromatic carbocycles. The Morgan fingerprint density at radius 1 is 1.33 bits per heavy atom. The van der Waals surface area contributed by atoms with Crippen molar-refractivity contribution in [1.29, 1.82) is 0 Å². The molecule has 0 aliphatic rings. The van der Waals surface area contributed by atoms with Crippen molar-refractivity contribution in [1.82, 2.24) is 9.88 Å². The first kappa shape index (κ1) is 13.8. The van der Waals surface area contributed by atoms with Crippen molar-refractivity contribution in [3.05, 3.63) is 52.9 Å². The SMILES string of the molecule is Cc1occc1C(=O)N(C)[C@H](C)c1nc2ccccc2s1. The van der Waals surface area contributed by atoms with Crippen LogP contribution in [-0.2, 0) is 0 Å². The summed E-state index contributed by atoms with van der Waals surface area (Å²) < 4.78 is 6.35. The zero-order valence-electron chi connectivity index (χ0n) is 12.2. The molecule has 0 radical (unpaired) electrons. The van der Waals surface area contributed by atoms with Crippen molar-refractivity contribution in [2.45, 2.75) is 19.9 Å². The van der Waals surface area contributed by atoms with E-state index in [0.29, 0.717) is 11.3 Å². The fraction of sp³-hybridized carbons (Fsp3) is 0.250. The lowest BCUT2D eigenvalue weighted by Gasteiger charge is -2.22. The summed E-state index contributed by atoms with van der Waals surface area (Å²) >= 11 is 1.62. The predicted octanol–water partition coefficient (Wildman–Crippen LogP) is 4.03. The maximum absolute atomic E-state index is 12.5. The molecule has 3 rings (SSSR count). The van der Waals surface area contributed by atoms with Gasteiger partial charge in [0.2, 0.25) is 0 Å². The highest BCUT2D eigenvalue weighted by atomic mass is 32.1. The third-order valence-electron chi connectivity index (χ3n) is 3.66. The van der Waals surface area contributed by atoms with Gasteiger partial charge in [-0.15, -0.1) is 11.3 Å². The van der Waals surface area contributed by atoms with E-state index in [0.717, 1.165) is 15.2 Å². The van der Waals surface area contributed by atoms with Crippen molar-refractivity contribution in [2.24, 2.45) is 0 Å². The second-order valence-corrected chi connectivity index (χ2v) is 6.06. The number of thiazole rings is 1. The highest BCUT2D eigenvalue weighted by molar-refractivity contribution is 7.18. The number of para-hydroxylation sites is 1. The summed E-state index contributed by atoms with van der Waals surface area (Å²) in [5.74, 6) is 0.594. The van der Waals surface area contributed by atoms with Gasteiger partial charge in [-0.25, -0.2) is 4.98 Å². The van der Waals surface area contributed by atoms with Crippen LogP contribution >= 0.6 is 11.3 Å². The molecule has 4 nitrogen and oxygen atoms in total. The van der Waals surface area contributed by atoms with Crippen LogP contribution in [0.2, 0.25) is 0 Å². The highest BCUT2D eigenvalue weighted by Gasteiger charge is 2.23. The molecule has 0 fully saturated rings. The number of carbonyl (C=O) groups excluding carboxylic acids is 1. The number of furan rings is 1. The second kappa shape index (κ2) is 5.33. The Labute approximate surface area is 127 Å². The standard InChI is InChI=1S/C16H16N2O2S/c1-10(15-17-13-6-4-5-7-14(13)21-15)18(3)16(19)12-8-9-20-11(12)2/h4-10H,1-3H3/t10-/m1/s1. The fourth-order valence-electron chi connectivity index (χ4n) is 2.21. The van der Waals surface area contributed by atoms with E-state index in [1.807, 2.05) is 31.2 Å². The molecule has 0 aliphatic carbocycles. The average Bonchev–Trinajstić information content (AvgIpc) is 3.10. The smallest absolute Gasteiger partial charge is 0.257 e. The topological polar surface area (TPSA) is 46.3 Å². The minimum absolute atomic E-state index is 0.0481. The third-order valence-corrected chi connectivity index (χ3v) is 4.87. The largest absolute Gasteiger partial charge is 0.469 e. The molecular weight excluding hydrogens is 284 g/mol. The van der Waals surface area contributed by atoms with E-state index >= 15 is 0 Å². The number of nitrogens with zero attached hydrogens (tertiary/aromatic N) is 2. The Bertz CT molecular complexity index is 757. The predicted molar refractivity (Wildman–Crippen MR) is 83.6 cm³/mol. The molecular formula is C16H16N2O2S. The van der Waals surface area contributed by atoms with E-state index in [2.05, 4.69) is 4.98 Å². The van der Waals surface area contributed by atoms with Crippen molar-refractivity contribution in [3.63, 3.8) is 0 Å². The fourth-order valence-corrected chi connectivity index (χ4v) is 3.27. The van der Waals surface area contributed by atoms with E-state index in [1.165, 1.54) is 0 Å². The molecule has 0 saturated heterocycles. The number of fused-ring (bicyclic) bond motifs is 1. The van der Waals surface area contributed by atoms with Crippen molar-refractivity contribution >= 4 is 27.5 Å². The molecule has 1 atom stereocenters. The van der Waals surface area contributed by atoms with E-state index in [9.17, 15) is 4.79 Å². The zero-order chi connectivity index (χ0) is 15.0. The van der Waals surface area contributed by atoms with Gasteiger partial charge in [-0.3, -0.25) is 4.79 Å². The van der Waals surface area contributed by atoms with Gasteiger partial charge in [-0.05, 0) is 32.0 Å². The lowest BCUT2D eigenvalue weighted by molar-refractivity contribution is 0.0741. The van der Waals surface area contributed by atoms with Crippen LogP contribution in [0.4, 0.5) is 0 Å². The number of benzene rings is 1. The lowest BCUT2D eigenvalue weighted by Crippen LogP contribution is -2.29. The second-order valence-electron chi connectivity index (χ2n) is 5.00. The van der Waals surface area contributed by atoms with Crippen molar-refractivity contribution in [3.8, 4) is 0 Å². The third kappa shape index (κ3) is 2.45. The summed E-state index contributed by atoms with van der Waals surface area (Å²) in [5, 5.41) is 0.938. The van der Waals surface area contributed by atoms with Crippen LogP contribution < -0.4 is 0 Å². The lowest BCUT2D eigenvalue weighted by atomic mass is 10.2. The minimum Gasteiger partial charge on any atom is -0.469 e. The summed E-state index contributed by atoms with van der Waals surface area (Å²) in [4.78, 5) is 18.8. The summed E-state index contributed by atoms with van der Waals surface area (Å²) in [5.41, 5.74) is 1.58. The van der Waals surface area contributed by atoms with Crippen LogP contribution in [-0.4, -0.2) is 22.8 Å². The van der Waals surface area contributed by atoms with Gasteiger partial charge in [0.25, 0.3) is 5.91 Å². The van der Waals surface area contributed by atoms with Gasteiger partial charge in [0.15, 0.2) is 0 Å². The van der Waals surface area contributed by atoms with Gasteiger partial charge in [-0.2, -0.15) is 0 Å². The quantitative estimate of drug-likeness (QED) is 0.733. The molecule has 2 aromatic heterocycles. The maximum atomic E-state index is 12.5. The number of aryl methyl sites for hydroxylation is 1. The zero-order valence-corrected chi connectivity index (χ0v) is 13.0. The van der Waals surface area contributed by atoms with E-state index in [1.54, 1.807) is 42.5 Å². The van der Waals surface area contributed by atoms with E-state index < -0.39 is 0 Å². The van der Waals surface area contributed by atoms with Gasteiger partial charge in [-0.1, -0.05) is 12.1 Å². The maximum Gasteiger partial charge on any atom is 0.257 e. The van der Waals surface area contributed by atoms with Gasteiger partial charge < -0.3 is 9.32 Å². The minimum atomic E-state index is -0.0794. The van der Waals surface area contributed by atoms with Crippen LogP contribution in [0.5, 0.6) is 0 Å². The summed E-state index contributed by atoms with van der Waals surface area (Å²) in [6.45, 7) is 3.79. The van der Waals surface area contributed by atoms with Crippen LogP contribution in [0.25, 0.3) is 10.2 Å². The first-order valence-electron chi connectivity index (χ1n) is 6.74. The van der Waals surface area contributed by atoms with Crippen LogP contribution in [0, 0.1) is 6.92 Å². The van der Waals surface area contributed by atoms with Gasteiger partial charge in [0.1, 0.15) is 10.8 Å². The van der Waals surface area contributed by atoms with Crippen LogP contribution in [0.1, 0.15) is 34.1 Å². The Morgan fingerprint density at radius 3 is 2.76 bits per heavy atom. The molecule has 0 saturated carbocycles. The molecule has 21 heavy (non-hydrogen) atoms. The molecule has 5 heteroatoms.